The molecular weight excluding hydrogens is 326 g/mol. The van der Waals surface area contributed by atoms with Crippen molar-refractivity contribution in [1.29, 1.82) is 0 Å². The quantitative estimate of drug-likeness (QED) is 0.612. The van der Waals surface area contributed by atoms with E-state index < -0.39 is 5.24 Å². The van der Waals surface area contributed by atoms with Gasteiger partial charge in [0, 0.05) is 17.5 Å². The topological polar surface area (TPSA) is 52.3 Å². The molecule has 0 saturated heterocycles. The summed E-state index contributed by atoms with van der Waals surface area (Å²) in [4.78, 5) is 15.7. The first kappa shape index (κ1) is 16.3. The Kier molecular flexibility index (Phi) is 4.96. The molecule has 0 radical (unpaired) electrons. The van der Waals surface area contributed by atoms with E-state index in [2.05, 4.69) is 4.98 Å². The molecule has 0 aliphatic heterocycles. The normalized spacial score (nSPS) is 10.6. The van der Waals surface area contributed by atoms with Gasteiger partial charge < -0.3 is 9.15 Å². The van der Waals surface area contributed by atoms with Crippen molar-refractivity contribution >= 4 is 16.8 Å². The van der Waals surface area contributed by atoms with Gasteiger partial charge in [0.15, 0.2) is 0 Å². The van der Waals surface area contributed by atoms with Gasteiger partial charge in [0.1, 0.15) is 11.5 Å². The maximum atomic E-state index is 11.2. The van der Waals surface area contributed by atoms with Crippen LogP contribution in [0, 0.1) is 6.92 Å². The molecule has 0 bridgehead atoms. The number of aromatic nitrogens is 1. The molecule has 0 N–H and O–H groups in total. The number of aryl methyl sites for hydroxylation is 1. The van der Waals surface area contributed by atoms with Crippen molar-refractivity contribution < 1.29 is 13.9 Å². The second kappa shape index (κ2) is 7.32. The molecule has 2 aromatic carbocycles. The predicted octanol–water partition coefficient (Wildman–Crippen LogP) is 4.65. The summed E-state index contributed by atoms with van der Waals surface area (Å²) in [5.74, 6) is 1.99. The number of halogens is 1. The summed E-state index contributed by atoms with van der Waals surface area (Å²) in [7, 11) is 0. The minimum atomic E-state index is -0.500. The van der Waals surface area contributed by atoms with Gasteiger partial charge in [0.2, 0.25) is 5.89 Å². The van der Waals surface area contributed by atoms with Crippen LogP contribution in [0.5, 0.6) is 5.75 Å². The molecule has 122 valence electrons. The van der Waals surface area contributed by atoms with Crippen molar-refractivity contribution in [2.45, 2.75) is 13.3 Å². The van der Waals surface area contributed by atoms with E-state index in [1.165, 1.54) is 0 Å². The summed E-state index contributed by atoms with van der Waals surface area (Å²) in [5.41, 5.74) is 2.22. The van der Waals surface area contributed by atoms with Crippen LogP contribution in [0.1, 0.15) is 21.8 Å². The Hall–Kier alpha value is -2.59. The molecule has 3 aromatic rings. The van der Waals surface area contributed by atoms with Gasteiger partial charge in [-0.1, -0.05) is 24.3 Å². The first-order chi connectivity index (χ1) is 11.6. The van der Waals surface area contributed by atoms with Gasteiger partial charge in [0.25, 0.3) is 5.24 Å². The molecule has 0 unspecified atom stereocenters. The van der Waals surface area contributed by atoms with E-state index in [1.807, 2.05) is 37.3 Å². The van der Waals surface area contributed by atoms with E-state index in [1.54, 1.807) is 24.3 Å². The van der Waals surface area contributed by atoms with Crippen molar-refractivity contribution in [1.82, 2.24) is 4.98 Å². The Balaban J connectivity index is 1.64. The Morgan fingerprint density at radius 2 is 1.96 bits per heavy atom. The molecule has 1 heterocycles. The number of rotatable bonds is 6. The molecule has 0 fully saturated rings. The average molecular weight is 342 g/mol. The molecule has 1 aromatic heterocycles. The molecule has 0 saturated carbocycles. The minimum Gasteiger partial charge on any atom is -0.493 e. The lowest BCUT2D eigenvalue weighted by molar-refractivity contribution is 0.108. The Bertz CT molecular complexity index is 843. The Morgan fingerprint density at radius 3 is 2.71 bits per heavy atom. The summed E-state index contributed by atoms with van der Waals surface area (Å²) in [5, 5.41) is -0.500. The molecule has 24 heavy (non-hydrogen) atoms. The Labute approximate surface area is 145 Å². The number of nitrogens with zero attached hydrogens (tertiary/aromatic N) is 1. The first-order valence-electron chi connectivity index (χ1n) is 7.58. The number of carbonyl (C=O) groups is 1. The van der Waals surface area contributed by atoms with Crippen molar-refractivity contribution in [2.24, 2.45) is 0 Å². The lowest BCUT2D eigenvalue weighted by Gasteiger charge is -2.05. The number of oxazole rings is 1. The van der Waals surface area contributed by atoms with Crippen molar-refractivity contribution in [3.05, 3.63) is 71.6 Å². The van der Waals surface area contributed by atoms with Gasteiger partial charge in [0.05, 0.1) is 12.3 Å². The molecular formula is C19H16ClNO3. The standard InChI is InChI=1S/C19H16ClNO3/c1-13-17(21-19(24-13)14-6-3-2-4-7-14)10-11-23-16-9-5-8-15(12-16)18(20)22/h2-9,12H,10-11H2,1H3. The molecule has 0 spiro atoms. The van der Waals surface area contributed by atoms with Gasteiger partial charge >= 0.3 is 0 Å². The predicted molar refractivity (Wildman–Crippen MR) is 92.5 cm³/mol. The first-order valence-corrected chi connectivity index (χ1v) is 7.95. The van der Waals surface area contributed by atoms with Crippen molar-refractivity contribution in [3.63, 3.8) is 0 Å². The fraction of sp³-hybridized carbons (Fsp3) is 0.158. The second-order valence-corrected chi connectivity index (χ2v) is 5.63. The summed E-state index contributed by atoms with van der Waals surface area (Å²) < 4.78 is 11.4. The zero-order chi connectivity index (χ0) is 16.9. The van der Waals surface area contributed by atoms with E-state index in [9.17, 15) is 4.79 Å². The highest BCUT2D eigenvalue weighted by molar-refractivity contribution is 6.67. The van der Waals surface area contributed by atoms with Crippen LogP contribution in [0.3, 0.4) is 0 Å². The monoisotopic (exact) mass is 341 g/mol. The number of hydrogen-bond donors (Lipinski definition) is 0. The zero-order valence-corrected chi connectivity index (χ0v) is 13.9. The number of hydrogen-bond acceptors (Lipinski definition) is 4. The summed E-state index contributed by atoms with van der Waals surface area (Å²) in [6.07, 6.45) is 0.612. The molecule has 0 aliphatic carbocycles. The van der Waals surface area contributed by atoms with Crippen LogP contribution in [-0.2, 0) is 6.42 Å². The molecule has 4 nitrogen and oxygen atoms in total. The van der Waals surface area contributed by atoms with Crippen LogP contribution in [0.15, 0.2) is 59.0 Å². The van der Waals surface area contributed by atoms with E-state index in [4.69, 9.17) is 20.8 Å². The third-order valence-electron chi connectivity index (χ3n) is 3.58. The van der Waals surface area contributed by atoms with Gasteiger partial charge in [-0.3, -0.25) is 4.79 Å². The molecule has 3 rings (SSSR count). The summed E-state index contributed by atoms with van der Waals surface area (Å²) in [6, 6.07) is 16.6. The number of carbonyl (C=O) groups excluding carboxylic acids is 1. The fourth-order valence-electron chi connectivity index (χ4n) is 2.34. The third-order valence-corrected chi connectivity index (χ3v) is 3.80. The summed E-state index contributed by atoms with van der Waals surface area (Å²) >= 11 is 5.47. The van der Waals surface area contributed by atoms with Gasteiger partial charge in [-0.25, -0.2) is 4.98 Å². The van der Waals surface area contributed by atoms with E-state index in [0.717, 1.165) is 17.0 Å². The highest BCUT2D eigenvalue weighted by Gasteiger charge is 2.11. The third kappa shape index (κ3) is 3.84. The van der Waals surface area contributed by atoms with Gasteiger partial charge in [-0.05, 0) is 48.9 Å². The maximum absolute atomic E-state index is 11.2. The lowest BCUT2D eigenvalue weighted by Crippen LogP contribution is -2.03. The number of ether oxygens (including phenoxy) is 1. The molecule has 0 atom stereocenters. The maximum Gasteiger partial charge on any atom is 0.252 e. The minimum absolute atomic E-state index is 0.415. The van der Waals surface area contributed by atoms with Crippen molar-refractivity contribution in [3.8, 4) is 17.2 Å². The smallest absolute Gasteiger partial charge is 0.252 e. The van der Waals surface area contributed by atoms with Gasteiger partial charge in [-0.15, -0.1) is 0 Å². The second-order valence-electron chi connectivity index (χ2n) is 5.29. The van der Waals surface area contributed by atoms with Crippen LogP contribution >= 0.6 is 11.6 Å². The van der Waals surface area contributed by atoms with Crippen LogP contribution in [0.4, 0.5) is 0 Å². The molecule has 0 aliphatic rings. The van der Waals surface area contributed by atoms with Crippen LogP contribution in [0.2, 0.25) is 0 Å². The van der Waals surface area contributed by atoms with Crippen LogP contribution in [0.25, 0.3) is 11.5 Å². The highest BCUT2D eigenvalue weighted by Crippen LogP contribution is 2.22. The van der Waals surface area contributed by atoms with E-state index in [-0.39, 0.29) is 0 Å². The zero-order valence-electron chi connectivity index (χ0n) is 13.2. The van der Waals surface area contributed by atoms with Gasteiger partial charge in [-0.2, -0.15) is 0 Å². The fourth-order valence-corrected chi connectivity index (χ4v) is 2.46. The highest BCUT2D eigenvalue weighted by atomic mass is 35.5. The Morgan fingerprint density at radius 1 is 1.17 bits per heavy atom. The van der Waals surface area contributed by atoms with Crippen LogP contribution < -0.4 is 4.74 Å². The largest absolute Gasteiger partial charge is 0.493 e. The molecule has 5 heteroatoms. The number of benzene rings is 2. The van der Waals surface area contributed by atoms with E-state index >= 15 is 0 Å². The van der Waals surface area contributed by atoms with E-state index in [0.29, 0.717) is 30.2 Å². The average Bonchev–Trinajstić information content (AvgIpc) is 2.97. The molecule has 0 amide bonds. The van der Waals surface area contributed by atoms with Crippen LogP contribution in [-0.4, -0.2) is 16.8 Å². The lowest BCUT2D eigenvalue weighted by atomic mass is 10.2. The SMILES string of the molecule is Cc1oc(-c2ccccc2)nc1CCOc1cccc(C(=O)Cl)c1. The summed E-state index contributed by atoms with van der Waals surface area (Å²) in [6.45, 7) is 2.32. The van der Waals surface area contributed by atoms with Crippen molar-refractivity contribution in [2.75, 3.05) is 6.61 Å².